The van der Waals surface area contributed by atoms with Crippen LogP contribution < -0.4 is 10.5 Å². The van der Waals surface area contributed by atoms with Crippen molar-refractivity contribution in [2.45, 2.75) is 13.3 Å². The second kappa shape index (κ2) is 7.01. The van der Waals surface area contributed by atoms with E-state index in [0.717, 1.165) is 25.3 Å². The largest absolute Gasteiger partial charge is 0.497 e. The molecule has 0 aromatic heterocycles. The molecule has 0 bridgehead atoms. The van der Waals surface area contributed by atoms with Gasteiger partial charge in [-0.25, -0.2) is 0 Å². The van der Waals surface area contributed by atoms with Crippen molar-refractivity contribution < 1.29 is 4.74 Å². The Balaban J connectivity index is 2.37. The van der Waals surface area contributed by atoms with Crippen molar-refractivity contribution in [3.8, 4) is 5.75 Å². The topological polar surface area (TPSA) is 62.3 Å². The van der Waals surface area contributed by atoms with Gasteiger partial charge >= 0.3 is 0 Å². The molecule has 4 heteroatoms. The van der Waals surface area contributed by atoms with Crippen molar-refractivity contribution in [3.05, 3.63) is 29.8 Å². The molecule has 0 aliphatic heterocycles. The van der Waals surface area contributed by atoms with Gasteiger partial charge in [0.1, 0.15) is 5.75 Å². The van der Waals surface area contributed by atoms with E-state index in [0.29, 0.717) is 0 Å². The molecule has 0 spiro atoms. The van der Waals surface area contributed by atoms with Gasteiger partial charge in [0.15, 0.2) is 0 Å². The van der Waals surface area contributed by atoms with Crippen LogP contribution in [-0.2, 0) is 6.42 Å². The number of hydrogen-bond acceptors (Lipinski definition) is 3. The third-order valence-electron chi connectivity index (χ3n) is 3.06. The maximum atomic E-state index is 7.37. The van der Waals surface area contributed by atoms with E-state index in [9.17, 15) is 0 Å². The van der Waals surface area contributed by atoms with Crippen molar-refractivity contribution in [1.82, 2.24) is 4.90 Å². The number of nitrogens with one attached hydrogen (secondary N) is 1. The smallest absolute Gasteiger partial charge is 0.118 e. The van der Waals surface area contributed by atoms with E-state index < -0.39 is 0 Å². The van der Waals surface area contributed by atoms with Crippen LogP contribution in [-0.4, -0.2) is 38.0 Å². The number of rotatable bonds is 7. The van der Waals surface area contributed by atoms with Gasteiger partial charge in [0.25, 0.3) is 0 Å². The third-order valence-corrected chi connectivity index (χ3v) is 3.06. The summed E-state index contributed by atoms with van der Waals surface area (Å²) in [5.74, 6) is 1.26. The number of likely N-dealkylation sites (N-methyl/N-ethyl adjacent to an activating group) is 1. The average Bonchev–Trinajstić information content (AvgIpc) is 2.36. The second-order valence-electron chi connectivity index (χ2n) is 4.72. The molecule has 1 rings (SSSR count). The number of hydrogen-bond donors (Lipinski definition) is 2. The first-order valence-electron chi connectivity index (χ1n) is 6.18. The summed E-state index contributed by atoms with van der Waals surface area (Å²) < 4.78 is 5.13. The lowest BCUT2D eigenvalue weighted by Gasteiger charge is -2.20. The zero-order valence-electron chi connectivity index (χ0n) is 11.4. The predicted molar refractivity (Wildman–Crippen MR) is 75.3 cm³/mol. The van der Waals surface area contributed by atoms with Gasteiger partial charge < -0.3 is 15.4 Å². The predicted octanol–water partition coefficient (Wildman–Crippen LogP) is 1.74. The fourth-order valence-electron chi connectivity index (χ4n) is 1.77. The van der Waals surface area contributed by atoms with Crippen LogP contribution in [0.5, 0.6) is 5.75 Å². The van der Waals surface area contributed by atoms with Gasteiger partial charge in [-0.15, -0.1) is 0 Å². The molecule has 1 aromatic carbocycles. The van der Waals surface area contributed by atoms with Gasteiger partial charge in [0.05, 0.1) is 12.9 Å². The van der Waals surface area contributed by atoms with E-state index in [1.54, 1.807) is 7.11 Å². The van der Waals surface area contributed by atoms with E-state index in [2.05, 4.69) is 24.1 Å². The lowest BCUT2D eigenvalue weighted by molar-refractivity contribution is 0.317. The molecule has 0 saturated heterocycles. The van der Waals surface area contributed by atoms with Crippen LogP contribution >= 0.6 is 0 Å². The molecule has 18 heavy (non-hydrogen) atoms. The molecule has 0 saturated carbocycles. The fraction of sp³-hybridized carbons (Fsp3) is 0.500. The molecule has 1 unspecified atom stereocenters. The molecule has 0 aliphatic rings. The van der Waals surface area contributed by atoms with Gasteiger partial charge in [-0.3, -0.25) is 5.41 Å². The zero-order chi connectivity index (χ0) is 13.5. The summed E-state index contributed by atoms with van der Waals surface area (Å²) >= 11 is 0. The van der Waals surface area contributed by atoms with Crippen LogP contribution in [0.25, 0.3) is 0 Å². The normalized spacial score (nSPS) is 12.4. The molecule has 3 N–H and O–H groups in total. The molecule has 100 valence electrons. The number of amidine groups is 1. The van der Waals surface area contributed by atoms with Crippen molar-refractivity contribution in [2.24, 2.45) is 11.7 Å². The van der Waals surface area contributed by atoms with E-state index >= 15 is 0 Å². The second-order valence-corrected chi connectivity index (χ2v) is 4.72. The lowest BCUT2D eigenvalue weighted by Crippen LogP contribution is -2.33. The van der Waals surface area contributed by atoms with Crippen LogP contribution in [0.4, 0.5) is 0 Å². The summed E-state index contributed by atoms with van der Waals surface area (Å²) in [6.45, 7) is 3.77. The Morgan fingerprint density at radius 1 is 1.39 bits per heavy atom. The number of methoxy groups -OCH3 is 1. The summed E-state index contributed by atoms with van der Waals surface area (Å²) in [6, 6.07) is 8.13. The third kappa shape index (κ3) is 4.75. The Labute approximate surface area is 109 Å². The van der Waals surface area contributed by atoms with Crippen LogP contribution in [0.2, 0.25) is 0 Å². The molecule has 0 fully saturated rings. The minimum Gasteiger partial charge on any atom is -0.497 e. The Morgan fingerprint density at radius 3 is 2.50 bits per heavy atom. The molecule has 0 heterocycles. The maximum Gasteiger partial charge on any atom is 0.118 e. The quantitative estimate of drug-likeness (QED) is 0.571. The number of nitrogens with two attached hydrogens (primary N) is 1. The van der Waals surface area contributed by atoms with Crippen molar-refractivity contribution >= 4 is 5.84 Å². The number of nitrogens with zero attached hydrogens (tertiary/aromatic N) is 1. The van der Waals surface area contributed by atoms with Crippen LogP contribution in [0.15, 0.2) is 24.3 Å². The molecule has 4 nitrogen and oxygen atoms in total. The number of benzene rings is 1. The summed E-state index contributed by atoms with van der Waals surface area (Å²) in [5, 5.41) is 7.37. The molecular weight excluding hydrogens is 226 g/mol. The van der Waals surface area contributed by atoms with Gasteiger partial charge in [0.2, 0.25) is 0 Å². The fourth-order valence-corrected chi connectivity index (χ4v) is 1.77. The Bertz CT molecular complexity index is 375. The first kappa shape index (κ1) is 14.5. The van der Waals surface area contributed by atoms with Crippen LogP contribution in [0.3, 0.4) is 0 Å². The Hall–Kier alpha value is -1.55. The Kier molecular flexibility index (Phi) is 5.65. The van der Waals surface area contributed by atoms with Crippen molar-refractivity contribution in [3.63, 3.8) is 0 Å². The van der Waals surface area contributed by atoms with E-state index in [1.165, 1.54) is 5.56 Å². The highest BCUT2D eigenvalue weighted by atomic mass is 16.5. The SMILES string of the molecule is COc1ccc(CCN(C)CC(C)C(=N)N)cc1. The van der Waals surface area contributed by atoms with Gasteiger partial charge in [0, 0.05) is 19.0 Å². The standard InChI is InChI=1S/C14H23N3O/c1-11(14(15)16)10-17(2)9-8-12-4-6-13(18-3)7-5-12/h4-7,11H,8-10H2,1-3H3,(H3,15,16). The highest BCUT2D eigenvalue weighted by molar-refractivity contribution is 5.79. The summed E-state index contributed by atoms with van der Waals surface area (Å²) in [6.07, 6.45) is 0.991. The lowest BCUT2D eigenvalue weighted by atomic mass is 10.1. The Morgan fingerprint density at radius 2 is 2.00 bits per heavy atom. The minimum absolute atomic E-state index is 0.117. The van der Waals surface area contributed by atoms with E-state index in [4.69, 9.17) is 15.9 Å². The molecule has 0 radical (unpaired) electrons. The van der Waals surface area contributed by atoms with Gasteiger partial charge in [-0.05, 0) is 31.2 Å². The highest BCUT2D eigenvalue weighted by Gasteiger charge is 2.08. The maximum absolute atomic E-state index is 7.37. The molecule has 0 amide bonds. The first-order chi connectivity index (χ1) is 8.52. The van der Waals surface area contributed by atoms with Crippen molar-refractivity contribution in [1.29, 1.82) is 5.41 Å². The van der Waals surface area contributed by atoms with Crippen LogP contribution in [0.1, 0.15) is 12.5 Å². The van der Waals surface area contributed by atoms with E-state index in [1.807, 2.05) is 19.1 Å². The summed E-state index contributed by atoms with van der Waals surface area (Å²) in [5.41, 5.74) is 6.76. The van der Waals surface area contributed by atoms with Crippen LogP contribution in [0, 0.1) is 11.3 Å². The summed E-state index contributed by atoms with van der Waals surface area (Å²) in [7, 11) is 3.73. The average molecular weight is 249 g/mol. The molecule has 1 atom stereocenters. The first-order valence-corrected chi connectivity index (χ1v) is 6.18. The van der Waals surface area contributed by atoms with Crippen molar-refractivity contribution in [2.75, 3.05) is 27.2 Å². The monoisotopic (exact) mass is 249 g/mol. The molecular formula is C14H23N3O. The highest BCUT2D eigenvalue weighted by Crippen LogP contribution is 2.12. The van der Waals surface area contributed by atoms with E-state index in [-0.39, 0.29) is 11.8 Å². The number of ether oxygens (including phenoxy) is 1. The summed E-state index contributed by atoms with van der Waals surface area (Å²) in [4.78, 5) is 2.20. The zero-order valence-corrected chi connectivity index (χ0v) is 11.4. The molecule has 1 aromatic rings. The van der Waals surface area contributed by atoms with Gasteiger partial charge in [-0.1, -0.05) is 19.1 Å². The van der Waals surface area contributed by atoms with Gasteiger partial charge in [-0.2, -0.15) is 0 Å². The molecule has 0 aliphatic carbocycles. The minimum atomic E-state index is 0.117.